The SMILES string of the molecule is COc1ccc(C(=O)N2CCN(C(=O)c3ccc(=O)[nH]n3)CC2)c(OC)c1. The predicted octanol–water partition coefficient (Wildman–Crippen LogP) is 0.385. The lowest BCUT2D eigenvalue weighted by atomic mass is 10.1. The van der Waals surface area contributed by atoms with E-state index in [1.165, 1.54) is 19.2 Å². The van der Waals surface area contributed by atoms with Gasteiger partial charge in [0.1, 0.15) is 17.2 Å². The summed E-state index contributed by atoms with van der Waals surface area (Å²) in [5.41, 5.74) is 0.252. The maximum atomic E-state index is 12.8. The number of carbonyl (C=O) groups excluding carboxylic acids is 2. The zero-order valence-electron chi connectivity index (χ0n) is 15.1. The Morgan fingerprint density at radius 3 is 2.19 bits per heavy atom. The zero-order chi connectivity index (χ0) is 19.4. The molecule has 1 aliphatic rings. The fourth-order valence-corrected chi connectivity index (χ4v) is 2.88. The van der Waals surface area contributed by atoms with Gasteiger partial charge in [0.05, 0.1) is 19.8 Å². The van der Waals surface area contributed by atoms with Crippen LogP contribution < -0.4 is 15.0 Å². The number of aromatic nitrogens is 2. The molecule has 2 amide bonds. The lowest BCUT2D eigenvalue weighted by molar-refractivity contribution is 0.0529. The summed E-state index contributed by atoms with van der Waals surface area (Å²) >= 11 is 0. The van der Waals surface area contributed by atoms with Crippen molar-refractivity contribution >= 4 is 11.8 Å². The number of rotatable bonds is 4. The standard InChI is InChI=1S/C18H20N4O5/c1-26-12-3-4-13(15(11-12)27-2)17(24)21-7-9-22(10-8-21)18(25)14-5-6-16(23)20-19-14/h3-6,11H,7-10H2,1-2H3,(H,20,23). The second-order valence-corrected chi connectivity index (χ2v) is 5.96. The maximum Gasteiger partial charge on any atom is 0.274 e. The first-order valence-corrected chi connectivity index (χ1v) is 8.40. The number of hydrogen-bond donors (Lipinski definition) is 1. The smallest absolute Gasteiger partial charge is 0.274 e. The molecule has 0 spiro atoms. The highest BCUT2D eigenvalue weighted by Gasteiger charge is 2.27. The van der Waals surface area contributed by atoms with Crippen LogP contribution in [0.1, 0.15) is 20.8 Å². The molecule has 0 aliphatic carbocycles. The Labute approximate surface area is 155 Å². The first-order valence-electron chi connectivity index (χ1n) is 8.40. The topological polar surface area (TPSA) is 105 Å². The van der Waals surface area contributed by atoms with E-state index in [0.717, 1.165) is 0 Å². The van der Waals surface area contributed by atoms with E-state index in [1.54, 1.807) is 35.1 Å². The quantitative estimate of drug-likeness (QED) is 0.832. The summed E-state index contributed by atoms with van der Waals surface area (Å²) in [7, 11) is 3.04. The van der Waals surface area contributed by atoms with Gasteiger partial charge in [-0.1, -0.05) is 0 Å². The van der Waals surface area contributed by atoms with Crippen LogP contribution in [0.25, 0.3) is 0 Å². The summed E-state index contributed by atoms with van der Waals surface area (Å²) in [5.74, 6) is 0.603. The minimum Gasteiger partial charge on any atom is -0.497 e. The summed E-state index contributed by atoms with van der Waals surface area (Å²) in [6.07, 6.45) is 0. The Kier molecular flexibility index (Phi) is 5.39. The summed E-state index contributed by atoms with van der Waals surface area (Å²) in [5, 5.41) is 6.01. The number of ether oxygens (including phenoxy) is 2. The van der Waals surface area contributed by atoms with Crippen LogP contribution in [0.5, 0.6) is 11.5 Å². The van der Waals surface area contributed by atoms with Gasteiger partial charge in [0, 0.05) is 38.3 Å². The minimum absolute atomic E-state index is 0.163. The largest absolute Gasteiger partial charge is 0.497 e. The van der Waals surface area contributed by atoms with E-state index in [0.29, 0.717) is 43.2 Å². The monoisotopic (exact) mass is 372 g/mol. The molecule has 1 aromatic heterocycles. The van der Waals surface area contributed by atoms with Crippen LogP contribution in [0.3, 0.4) is 0 Å². The van der Waals surface area contributed by atoms with E-state index in [-0.39, 0.29) is 23.1 Å². The number of methoxy groups -OCH3 is 2. The van der Waals surface area contributed by atoms with Gasteiger partial charge in [-0.25, -0.2) is 5.10 Å². The van der Waals surface area contributed by atoms with E-state index in [1.807, 2.05) is 0 Å². The molecule has 27 heavy (non-hydrogen) atoms. The van der Waals surface area contributed by atoms with Crippen molar-refractivity contribution in [3.05, 3.63) is 51.9 Å². The van der Waals surface area contributed by atoms with Crippen molar-refractivity contribution in [2.75, 3.05) is 40.4 Å². The lowest BCUT2D eigenvalue weighted by Crippen LogP contribution is -2.50. The normalized spacial score (nSPS) is 14.0. The molecule has 3 rings (SSSR count). The van der Waals surface area contributed by atoms with Crippen molar-refractivity contribution in [3.8, 4) is 11.5 Å². The molecular formula is C18H20N4O5. The van der Waals surface area contributed by atoms with Gasteiger partial charge in [-0.2, -0.15) is 5.10 Å². The van der Waals surface area contributed by atoms with E-state index < -0.39 is 0 Å². The number of nitrogens with one attached hydrogen (secondary N) is 1. The molecule has 9 nitrogen and oxygen atoms in total. The van der Waals surface area contributed by atoms with Crippen LogP contribution in [0.15, 0.2) is 35.1 Å². The van der Waals surface area contributed by atoms with Crippen molar-refractivity contribution in [2.45, 2.75) is 0 Å². The molecule has 1 saturated heterocycles. The number of amides is 2. The van der Waals surface area contributed by atoms with Gasteiger partial charge in [0.25, 0.3) is 17.4 Å². The van der Waals surface area contributed by atoms with Crippen molar-refractivity contribution in [3.63, 3.8) is 0 Å². The molecule has 0 radical (unpaired) electrons. The summed E-state index contributed by atoms with van der Waals surface area (Å²) in [6, 6.07) is 7.69. The number of nitrogens with zero attached hydrogens (tertiary/aromatic N) is 3. The highest BCUT2D eigenvalue weighted by molar-refractivity contribution is 5.97. The molecule has 1 aromatic carbocycles. The van der Waals surface area contributed by atoms with Gasteiger partial charge in [0.2, 0.25) is 0 Å². The molecule has 0 atom stereocenters. The molecule has 2 heterocycles. The molecule has 1 aliphatic heterocycles. The molecule has 0 unspecified atom stereocenters. The summed E-state index contributed by atoms with van der Waals surface area (Å²) in [6.45, 7) is 1.54. The molecular weight excluding hydrogens is 352 g/mol. The van der Waals surface area contributed by atoms with E-state index >= 15 is 0 Å². The van der Waals surface area contributed by atoms with Crippen LogP contribution >= 0.6 is 0 Å². The van der Waals surface area contributed by atoms with Gasteiger partial charge in [-0.3, -0.25) is 14.4 Å². The molecule has 1 fully saturated rings. The highest BCUT2D eigenvalue weighted by atomic mass is 16.5. The Hall–Kier alpha value is -3.36. The fourth-order valence-electron chi connectivity index (χ4n) is 2.88. The van der Waals surface area contributed by atoms with E-state index in [4.69, 9.17) is 9.47 Å². The molecule has 9 heteroatoms. The van der Waals surface area contributed by atoms with E-state index in [9.17, 15) is 14.4 Å². The zero-order valence-corrected chi connectivity index (χ0v) is 15.1. The minimum atomic E-state index is -0.365. The third-order valence-corrected chi connectivity index (χ3v) is 4.39. The van der Waals surface area contributed by atoms with Crippen molar-refractivity contribution in [1.29, 1.82) is 0 Å². The Morgan fingerprint density at radius 1 is 0.963 bits per heavy atom. The maximum absolute atomic E-state index is 12.8. The third kappa shape index (κ3) is 3.91. The third-order valence-electron chi connectivity index (χ3n) is 4.39. The van der Waals surface area contributed by atoms with Crippen LogP contribution in [0.4, 0.5) is 0 Å². The Balaban J connectivity index is 1.66. The average Bonchev–Trinajstić information content (AvgIpc) is 2.73. The van der Waals surface area contributed by atoms with Gasteiger partial charge >= 0.3 is 0 Å². The van der Waals surface area contributed by atoms with Gasteiger partial charge < -0.3 is 19.3 Å². The molecule has 2 aromatic rings. The van der Waals surface area contributed by atoms with Crippen LogP contribution in [0.2, 0.25) is 0 Å². The number of H-pyrrole nitrogens is 1. The first-order chi connectivity index (χ1) is 13.0. The van der Waals surface area contributed by atoms with Gasteiger partial charge in [-0.15, -0.1) is 0 Å². The number of hydrogen-bond acceptors (Lipinski definition) is 6. The predicted molar refractivity (Wildman–Crippen MR) is 96.2 cm³/mol. The second-order valence-electron chi connectivity index (χ2n) is 5.96. The van der Waals surface area contributed by atoms with Crippen molar-refractivity contribution < 1.29 is 19.1 Å². The van der Waals surface area contributed by atoms with Gasteiger partial charge in [0.15, 0.2) is 0 Å². The molecule has 1 N–H and O–H groups in total. The van der Waals surface area contributed by atoms with Crippen LogP contribution in [0, 0.1) is 0 Å². The van der Waals surface area contributed by atoms with Crippen LogP contribution in [-0.2, 0) is 0 Å². The van der Waals surface area contributed by atoms with E-state index in [2.05, 4.69) is 10.2 Å². The molecule has 0 bridgehead atoms. The number of carbonyl (C=O) groups is 2. The summed E-state index contributed by atoms with van der Waals surface area (Å²) < 4.78 is 10.4. The highest BCUT2D eigenvalue weighted by Crippen LogP contribution is 2.26. The first kappa shape index (κ1) is 18.4. The Bertz CT molecular complexity index is 882. The average molecular weight is 372 g/mol. The molecule has 0 saturated carbocycles. The lowest BCUT2D eigenvalue weighted by Gasteiger charge is -2.34. The Morgan fingerprint density at radius 2 is 1.63 bits per heavy atom. The second kappa shape index (κ2) is 7.90. The molecule has 142 valence electrons. The number of benzene rings is 1. The van der Waals surface area contributed by atoms with Crippen molar-refractivity contribution in [1.82, 2.24) is 20.0 Å². The summed E-state index contributed by atoms with van der Waals surface area (Å²) in [4.78, 5) is 39.6. The van der Waals surface area contributed by atoms with Crippen LogP contribution in [-0.4, -0.2) is 72.2 Å². The van der Waals surface area contributed by atoms with Gasteiger partial charge in [-0.05, 0) is 18.2 Å². The number of piperazine rings is 1. The fraction of sp³-hybridized carbons (Fsp3) is 0.333. The number of aromatic amines is 1. The van der Waals surface area contributed by atoms with Crippen molar-refractivity contribution in [2.24, 2.45) is 0 Å².